The average molecular weight is 409 g/mol. The molecule has 0 fully saturated rings. The number of fused-ring (bicyclic) bond motifs is 1. The second-order valence-corrected chi connectivity index (χ2v) is 6.72. The van der Waals surface area contributed by atoms with Gasteiger partial charge in [-0.3, -0.25) is 4.79 Å². The first-order chi connectivity index (χ1) is 14.5. The van der Waals surface area contributed by atoms with Crippen molar-refractivity contribution in [2.45, 2.75) is 6.92 Å². The largest absolute Gasteiger partial charge is 0.368 e. The van der Waals surface area contributed by atoms with Gasteiger partial charge in [-0.15, -0.1) is 0 Å². The lowest BCUT2D eigenvalue weighted by Gasteiger charge is -2.10. The zero-order chi connectivity index (χ0) is 21.3. The van der Waals surface area contributed by atoms with Gasteiger partial charge in [0.2, 0.25) is 0 Å². The van der Waals surface area contributed by atoms with Crippen molar-refractivity contribution in [1.29, 1.82) is 0 Å². The molecule has 1 aromatic heterocycles. The number of hydrogen-bond donors (Lipinski definition) is 4. The zero-order valence-electron chi connectivity index (χ0n) is 16.7. The smallest absolute Gasteiger partial charge is 0.314 e. The minimum Gasteiger partial charge on any atom is -0.368 e. The number of amides is 3. The molecule has 156 valence electrons. The zero-order valence-corrected chi connectivity index (χ0v) is 16.7. The Labute approximate surface area is 174 Å². The molecule has 0 aliphatic carbocycles. The van der Waals surface area contributed by atoms with E-state index in [1.165, 1.54) is 6.07 Å². The van der Waals surface area contributed by atoms with Crippen molar-refractivity contribution in [2.75, 3.05) is 31.5 Å². The van der Waals surface area contributed by atoms with Crippen LogP contribution < -0.4 is 21.3 Å². The van der Waals surface area contributed by atoms with Gasteiger partial charge in [-0.25, -0.2) is 14.2 Å². The van der Waals surface area contributed by atoms with E-state index in [9.17, 15) is 14.0 Å². The van der Waals surface area contributed by atoms with Gasteiger partial charge in [0.15, 0.2) is 0 Å². The third-order valence-corrected chi connectivity index (χ3v) is 4.45. The Hall–Kier alpha value is -3.68. The molecule has 7 nitrogen and oxygen atoms in total. The van der Waals surface area contributed by atoms with Crippen LogP contribution in [0.25, 0.3) is 10.9 Å². The Morgan fingerprint density at radius 1 is 0.900 bits per heavy atom. The number of aromatic nitrogens is 1. The van der Waals surface area contributed by atoms with Crippen molar-refractivity contribution in [1.82, 2.24) is 20.9 Å². The fraction of sp³-hybridized carbons (Fsp3) is 0.227. The van der Waals surface area contributed by atoms with Gasteiger partial charge < -0.3 is 21.3 Å². The fourth-order valence-corrected chi connectivity index (χ4v) is 2.78. The maximum Gasteiger partial charge on any atom is 0.314 e. The van der Waals surface area contributed by atoms with Crippen LogP contribution in [0, 0.1) is 12.7 Å². The summed E-state index contributed by atoms with van der Waals surface area (Å²) in [5.41, 5.74) is 1.63. The molecule has 30 heavy (non-hydrogen) atoms. The third kappa shape index (κ3) is 5.91. The van der Waals surface area contributed by atoms with Crippen LogP contribution in [0.2, 0.25) is 0 Å². The van der Waals surface area contributed by atoms with Crippen LogP contribution in [0.4, 0.5) is 15.0 Å². The first-order valence-corrected chi connectivity index (χ1v) is 9.68. The number of carbonyl (C=O) groups excluding carboxylic acids is 2. The number of pyridine rings is 1. The van der Waals surface area contributed by atoms with Crippen molar-refractivity contribution in [3.63, 3.8) is 0 Å². The van der Waals surface area contributed by atoms with Crippen LogP contribution in [0.15, 0.2) is 54.6 Å². The highest BCUT2D eigenvalue weighted by Crippen LogP contribution is 2.14. The second-order valence-electron chi connectivity index (χ2n) is 6.72. The first kappa shape index (κ1) is 21.0. The van der Waals surface area contributed by atoms with E-state index in [0.717, 1.165) is 16.7 Å². The summed E-state index contributed by atoms with van der Waals surface area (Å²) in [6.07, 6.45) is 0. The number of nitrogens with zero attached hydrogens (tertiary/aromatic N) is 1. The van der Waals surface area contributed by atoms with E-state index in [1.54, 1.807) is 19.1 Å². The van der Waals surface area contributed by atoms with Crippen LogP contribution in [0.3, 0.4) is 0 Å². The van der Waals surface area contributed by atoms with Gasteiger partial charge in [0, 0.05) is 37.1 Å². The predicted molar refractivity (Wildman–Crippen MR) is 115 cm³/mol. The molecule has 3 amide bonds. The van der Waals surface area contributed by atoms with Crippen LogP contribution in [-0.4, -0.2) is 43.1 Å². The molecule has 3 rings (SSSR count). The van der Waals surface area contributed by atoms with Crippen molar-refractivity contribution in [3.8, 4) is 0 Å². The molecule has 0 unspecified atom stereocenters. The molecule has 0 saturated carbocycles. The Morgan fingerprint density at radius 3 is 2.43 bits per heavy atom. The lowest BCUT2D eigenvalue weighted by molar-refractivity contribution is 0.0953. The Balaban J connectivity index is 1.30. The van der Waals surface area contributed by atoms with Gasteiger partial charge in [-0.2, -0.15) is 0 Å². The number of rotatable bonds is 8. The summed E-state index contributed by atoms with van der Waals surface area (Å²) in [4.78, 5) is 28.3. The highest BCUT2D eigenvalue weighted by Gasteiger charge is 2.07. The molecule has 0 aliphatic rings. The Bertz CT molecular complexity index is 1040. The van der Waals surface area contributed by atoms with Crippen LogP contribution in [-0.2, 0) is 0 Å². The summed E-state index contributed by atoms with van der Waals surface area (Å²) in [6, 6.07) is 15.7. The minimum atomic E-state index is -0.423. The molecule has 0 spiro atoms. The summed E-state index contributed by atoms with van der Waals surface area (Å²) < 4.78 is 13.5. The van der Waals surface area contributed by atoms with Gasteiger partial charge in [0.25, 0.3) is 5.91 Å². The van der Waals surface area contributed by atoms with Crippen molar-refractivity contribution < 1.29 is 14.0 Å². The highest BCUT2D eigenvalue weighted by molar-refractivity contribution is 5.94. The van der Waals surface area contributed by atoms with E-state index in [1.807, 2.05) is 36.4 Å². The Morgan fingerprint density at radius 2 is 1.63 bits per heavy atom. The lowest BCUT2D eigenvalue weighted by atomic mass is 10.1. The topological polar surface area (TPSA) is 95.2 Å². The van der Waals surface area contributed by atoms with Crippen LogP contribution in [0.5, 0.6) is 0 Å². The number of hydrogen-bond acceptors (Lipinski definition) is 4. The lowest BCUT2D eigenvalue weighted by Crippen LogP contribution is -2.41. The predicted octanol–water partition coefficient (Wildman–Crippen LogP) is 2.82. The van der Waals surface area contributed by atoms with Gasteiger partial charge >= 0.3 is 6.03 Å². The van der Waals surface area contributed by atoms with Crippen LogP contribution in [0.1, 0.15) is 15.9 Å². The number of carbonyl (C=O) groups is 2. The number of anilines is 1. The molecule has 0 radical (unpaired) electrons. The van der Waals surface area contributed by atoms with E-state index in [0.29, 0.717) is 18.7 Å². The van der Waals surface area contributed by atoms with E-state index in [4.69, 9.17) is 0 Å². The summed E-state index contributed by atoms with van der Waals surface area (Å²) in [7, 11) is 0. The van der Waals surface area contributed by atoms with E-state index < -0.39 is 5.82 Å². The monoisotopic (exact) mass is 409 g/mol. The number of aryl methyl sites for hydroxylation is 1. The summed E-state index contributed by atoms with van der Waals surface area (Å²) in [6.45, 7) is 3.06. The molecule has 0 aliphatic heterocycles. The van der Waals surface area contributed by atoms with E-state index in [2.05, 4.69) is 26.3 Å². The molecule has 1 heterocycles. The van der Waals surface area contributed by atoms with Gasteiger partial charge in [-0.05, 0) is 42.8 Å². The summed E-state index contributed by atoms with van der Waals surface area (Å²) in [5, 5.41) is 12.2. The average Bonchev–Trinajstić information content (AvgIpc) is 2.76. The molecule has 0 saturated heterocycles. The second kappa shape index (κ2) is 10.2. The van der Waals surface area contributed by atoms with E-state index >= 15 is 0 Å². The standard InChI is InChI=1S/C22H24FN5O2/c1-15-6-7-17(14-18(15)23)21(29)25-11-13-27-22(30)26-12-10-24-20-9-8-16-4-2-3-5-19(16)28-20/h2-9,14H,10-13H2,1H3,(H,24,28)(H,25,29)(H2,26,27,30). The molecular formula is C22H24FN5O2. The van der Waals surface area contributed by atoms with Crippen molar-refractivity contribution in [3.05, 3.63) is 71.5 Å². The molecular weight excluding hydrogens is 385 g/mol. The Kier molecular flexibility index (Phi) is 7.15. The maximum atomic E-state index is 13.5. The van der Waals surface area contributed by atoms with Crippen molar-refractivity contribution >= 4 is 28.7 Å². The molecule has 0 bridgehead atoms. The normalized spacial score (nSPS) is 10.5. The van der Waals surface area contributed by atoms with Crippen LogP contribution >= 0.6 is 0 Å². The van der Waals surface area contributed by atoms with Gasteiger partial charge in [-0.1, -0.05) is 24.3 Å². The quantitative estimate of drug-likeness (QED) is 0.430. The van der Waals surface area contributed by atoms with Crippen molar-refractivity contribution in [2.24, 2.45) is 0 Å². The molecule has 0 atom stereocenters. The van der Waals surface area contributed by atoms with E-state index in [-0.39, 0.29) is 30.6 Å². The highest BCUT2D eigenvalue weighted by atomic mass is 19.1. The third-order valence-electron chi connectivity index (χ3n) is 4.45. The number of halogens is 1. The SMILES string of the molecule is Cc1ccc(C(=O)NCCNC(=O)NCCNc2ccc3ccccc3n2)cc1F. The number of para-hydroxylation sites is 1. The van der Waals surface area contributed by atoms with Gasteiger partial charge in [0.1, 0.15) is 11.6 Å². The fourth-order valence-electron chi connectivity index (χ4n) is 2.78. The summed E-state index contributed by atoms with van der Waals surface area (Å²) in [5.74, 6) is -0.0676. The number of benzene rings is 2. The number of nitrogens with one attached hydrogen (secondary N) is 4. The maximum absolute atomic E-state index is 13.5. The molecule has 2 aromatic carbocycles. The van der Waals surface area contributed by atoms with Gasteiger partial charge in [0.05, 0.1) is 5.52 Å². The number of urea groups is 1. The summed E-state index contributed by atoms with van der Waals surface area (Å²) >= 11 is 0. The minimum absolute atomic E-state index is 0.237. The first-order valence-electron chi connectivity index (χ1n) is 9.68. The molecule has 8 heteroatoms. The molecule has 4 N–H and O–H groups in total. The molecule has 3 aromatic rings.